The van der Waals surface area contributed by atoms with Crippen molar-refractivity contribution in [1.29, 1.82) is 0 Å². The first-order chi connectivity index (χ1) is 12.5. The first-order valence-electron chi connectivity index (χ1n) is 8.32. The van der Waals surface area contributed by atoms with E-state index >= 15 is 0 Å². The molecule has 6 nitrogen and oxygen atoms in total. The normalized spacial score (nSPS) is 12.1. The van der Waals surface area contributed by atoms with E-state index in [1.807, 2.05) is 31.2 Å². The van der Waals surface area contributed by atoms with Crippen LogP contribution in [-0.2, 0) is 11.3 Å². The van der Waals surface area contributed by atoms with E-state index in [0.29, 0.717) is 11.3 Å². The zero-order valence-corrected chi connectivity index (χ0v) is 15.4. The van der Waals surface area contributed by atoms with Crippen LogP contribution in [0.15, 0.2) is 53.7 Å². The fraction of sp³-hybridized carbons (Fsp3) is 0.211. The Bertz CT molecular complexity index is 950. The van der Waals surface area contributed by atoms with Crippen LogP contribution < -0.4 is 11.1 Å². The minimum absolute atomic E-state index is 0.128. The molecule has 0 fully saturated rings. The van der Waals surface area contributed by atoms with E-state index in [4.69, 9.17) is 5.73 Å². The number of nitrogens with zero attached hydrogens (tertiary/aromatic N) is 2. The molecule has 3 rings (SSSR count). The third kappa shape index (κ3) is 3.72. The van der Waals surface area contributed by atoms with Gasteiger partial charge in [0.05, 0.1) is 16.3 Å². The number of carbonyl (C=O) groups excluding carboxylic acids is 2. The van der Waals surface area contributed by atoms with Gasteiger partial charge in [-0.25, -0.2) is 4.98 Å². The number of aryl methyl sites for hydroxylation is 1. The second-order valence-corrected chi connectivity index (χ2v) is 7.13. The Morgan fingerprint density at radius 3 is 2.54 bits per heavy atom. The van der Waals surface area contributed by atoms with Crippen molar-refractivity contribution >= 4 is 40.3 Å². The zero-order chi connectivity index (χ0) is 18.7. The predicted octanol–water partition coefficient (Wildman–Crippen LogP) is 3.27. The van der Waals surface area contributed by atoms with Crippen molar-refractivity contribution in [3.8, 4) is 0 Å². The summed E-state index contributed by atoms with van der Waals surface area (Å²) in [5.41, 5.74) is 8.23. The van der Waals surface area contributed by atoms with Crippen molar-refractivity contribution in [2.45, 2.75) is 30.8 Å². The number of amides is 2. The van der Waals surface area contributed by atoms with Crippen LogP contribution in [0.1, 0.15) is 24.2 Å². The topological polar surface area (TPSA) is 90.0 Å². The standard InChI is InChI=1S/C19H20N4O2S/c1-3-23-16-7-5-4-6-15(16)22-19(23)26-12(2)18(25)21-14-10-8-13(9-11-14)17(20)24/h4-12H,3H2,1-2H3,(H2,20,24)(H,21,25)/t12-/m0/s1. The Balaban J connectivity index is 1.72. The maximum absolute atomic E-state index is 12.5. The van der Waals surface area contributed by atoms with E-state index in [-0.39, 0.29) is 11.2 Å². The largest absolute Gasteiger partial charge is 0.366 e. The summed E-state index contributed by atoms with van der Waals surface area (Å²) in [6, 6.07) is 14.4. The van der Waals surface area contributed by atoms with Gasteiger partial charge in [0, 0.05) is 17.8 Å². The molecule has 0 aliphatic heterocycles. The summed E-state index contributed by atoms with van der Waals surface area (Å²) < 4.78 is 2.10. The van der Waals surface area contributed by atoms with Gasteiger partial charge in [-0.15, -0.1) is 0 Å². The van der Waals surface area contributed by atoms with Gasteiger partial charge in [-0.3, -0.25) is 9.59 Å². The summed E-state index contributed by atoms with van der Waals surface area (Å²) in [6.45, 7) is 4.69. The summed E-state index contributed by atoms with van der Waals surface area (Å²) in [4.78, 5) is 28.2. The van der Waals surface area contributed by atoms with Crippen molar-refractivity contribution < 1.29 is 9.59 Å². The van der Waals surface area contributed by atoms with Gasteiger partial charge >= 0.3 is 0 Å². The van der Waals surface area contributed by atoms with E-state index in [2.05, 4.69) is 21.8 Å². The molecule has 0 saturated heterocycles. The Kier molecular flexibility index (Phi) is 5.27. The average molecular weight is 368 g/mol. The van der Waals surface area contributed by atoms with Gasteiger partial charge in [-0.05, 0) is 50.2 Å². The van der Waals surface area contributed by atoms with E-state index in [1.165, 1.54) is 11.8 Å². The highest BCUT2D eigenvalue weighted by molar-refractivity contribution is 8.00. The third-order valence-corrected chi connectivity index (χ3v) is 5.11. The first-order valence-corrected chi connectivity index (χ1v) is 9.20. The van der Waals surface area contributed by atoms with Crippen LogP contribution in [0.25, 0.3) is 11.0 Å². The first kappa shape index (κ1) is 18.0. The SMILES string of the molecule is CCn1c(S[C@@H](C)C(=O)Nc2ccc(C(N)=O)cc2)nc2ccccc21. The summed E-state index contributed by atoms with van der Waals surface area (Å²) in [5, 5.41) is 3.34. The Labute approximate surface area is 155 Å². The van der Waals surface area contributed by atoms with Crippen LogP contribution in [0.3, 0.4) is 0 Å². The molecular formula is C19H20N4O2S. The molecule has 0 spiro atoms. The van der Waals surface area contributed by atoms with Crippen LogP contribution in [-0.4, -0.2) is 26.6 Å². The van der Waals surface area contributed by atoms with Gasteiger partial charge in [0.15, 0.2) is 5.16 Å². The van der Waals surface area contributed by atoms with Crippen LogP contribution in [0.4, 0.5) is 5.69 Å². The second-order valence-electron chi connectivity index (χ2n) is 5.82. The van der Waals surface area contributed by atoms with Crippen LogP contribution >= 0.6 is 11.8 Å². The van der Waals surface area contributed by atoms with Crippen LogP contribution in [0.5, 0.6) is 0 Å². The van der Waals surface area contributed by atoms with E-state index in [9.17, 15) is 9.59 Å². The summed E-state index contributed by atoms with van der Waals surface area (Å²) in [5.74, 6) is -0.623. The van der Waals surface area contributed by atoms with Crippen molar-refractivity contribution in [1.82, 2.24) is 9.55 Å². The molecule has 2 amide bonds. The number of hydrogen-bond donors (Lipinski definition) is 2. The number of para-hydroxylation sites is 2. The molecule has 26 heavy (non-hydrogen) atoms. The molecular weight excluding hydrogens is 348 g/mol. The molecule has 0 bridgehead atoms. The molecule has 134 valence electrons. The molecule has 7 heteroatoms. The predicted molar refractivity (Wildman–Crippen MR) is 104 cm³/mol. The monoisotopic (exact) mass is 368 g/mol. The number of anilines is 1. The molecule has 0 unspecified atom stereocenters. The Morgan fingerprint density at radius 2 is 1.88 bits per heavy atom. The van der Waals surface area contributed by atoms with Gasteiger partial charge < -0.3 is 15.6 Å². The number of fused-ring (bicyclic) bond motifs is 1. The highest BCUT2D eigenvalue weighted by Crippen LogP contribution is 2.27. The van der Waals surface area contributed by atoms with Gasteiger partial charge in [0.2, 0.25) is 11.8 Å². The van der Waals surface area contributed by atoms with Crippen LogP contribution in [0, 0.1) is 0 Å². The van der Waals surface area contributed by atoms with Crippen molar-refractivity contribution in [2.24, 2.45) is 5.73 Å². The lowest BCUT2D eigenvalue weighted by molar-refractivity contribution is -0.115. The molecule has 3 aromatic rings. The van der Waals surface area contributed by atoms with Crippen molar-refractivity contribution in [3.63, 3.8) is 0 Å². The second kappa shape index (κ2) is 7.61. The number of imidazole rings is 1. The minimum Gasteiger partial charge on any atom is -0.366 e. The average Bonchev–Trinajstić information content (AvgIpc) is 2.99. The fourth-order valence-electron chi connectivity index (χ4n) is 2.62. The summed E-state index contributed by atoms with van der Waals surface area (Å²) in [7, 11) is 0. The molecule has 1 heterocycles. The molecule has 0 radical (unpaired) electrons. The maximum Gasteiger partial charge on any atom is 0.248 e. The fourth-order valence-corrected chi connectivity index (χ4v) is 3.61. The Morgan fingerprint density at radius 1 is 1.19 bits per heavy atom. The zero-order valence-electron chi connectivity index (χ0n) is 14.6. The highest BCUT2D eigenvalue weighted by Gasteiger charge is 2.19. The molecule has 0 aliphatic rings. The van der Waals surface area contributed by atoms with Crippen molar-refractivity contribution in [3.05, 3.63) is 54.1 Å². The van der Waals surface area contributed by atoms with Gasteiger partial charge in [-0.2, -0.15) is 0 Å². The van der Waals surface area contributed by atoms with Gasteiger partial charge in [0.1, 0.15) is 0 Å². The molecule has 1 aromatic heterocycles. The summed E-state index contributed by atoms with van der Waals surface area (Å²) >= 11 is 1.42. The number of rotatable bonds is 6. The number of nitrogens with two attached hydrogens (primary N) is 1. The Hall–Kier alpha value is -2.80. The van der Waals surface area contributed by atoms with E-state index in [0.717, 1.165) is 22.7 Å². The number of hydrogen-bond acceptors (Lipinski definition) is 4. The third-order valence-electron chi connectivity index (χ3n) is 4.02. The molecule has 3 N–H and O–H groups in total. The van der Waals surface area contributed by atoms with E-state index in [1.54, 1.807) is 24.3 Å². The number of nitrogens with one attached hydrogen (secondary N) is 1. The number of thioether (sulfide) groups is 1. The van der Waals surface area contributed by atoms with Crippen molar-refractivity contribution in [2.75, 3.05) is 5.32 Å². The minimum atomic E-state index is -0.495. The molecule has 0 saturated carbocycles. The molecule has 0 aliphatic carbocycles. The summed E-state index contributed by atoms with van der Waals surface area (Å²) in [6.07, 6.45) is 0. The van der Waals surface area contributed by atoms with E-state index < -0.39 is 5.91 Å². The van der Waals surface area contributed by atoms with Crippen LogP contribution in [0.2, 0.25) is 0 Å². The smallest absolute Gasteiger partial charge is 0.248 e. The number of benzene rings is 2. The highest BCUT2D eigenvalue weighted by atomic mass is 32.2. The number of aromatic nitrogens is 2. The number of primary amides is 1. The quantitative estimate of drug-likeness (QED) is 0.654. The number of carbonyl (C=O) groups is 2. The molecule has 1 atom stereocenters. The van der Waals surface area contributed by atoms with Gasteiger partial charge in [0.25, 0.3) is 0 Å². The lowest BCUT2D eigenvalue weighted by Crippen LogP contribution is -2.23. The lowest BCUT2D eigenvalue weighted by Gasteiger charge is -2.13. The van der Waals surface area contributed by atoms with Gasteiger partial charge in [-0.1, -0.05) is 23.9 Å². The lowest BCUT2D eigenvalue weighted by atomic mass is 10.2. The maximum atomic E-state index is 12.5. The molecule has 2 aromatic carbocycles.